The Balaban J connectivity index is 2.76. The second-order valence-electron chi connectivity index (χ2n) is 7.02. The number of aliphatic hydroxyl groups is 1. The summed E-state index contributed by atoms with van der Waals surface area (Å²) in [5, 5.41) is 24.0. The maximum absolute atomic E-state index is 12.6. The quantitative estimate of drug-likeness (QED) is 0.0977. The molecule has 0 aromatic heterocycles. The number of carboxylic acids is 1. The highest BCUT2D eigenvalue weighted by molar-refractivity contribution is 5.94. The molecule has 4 unspecified atom stereocenters. The van der Waals surface area contributed by atoms with Gasteiger partial charge in [0.1, 0.15) is 18.1 Å². The highest BCUT2D eigenvalue weighted by Gasteiger charge is 2.37. The summed E-state index contributed by atoms with van der Waals surface area (Å²) in [6, 6.07) is -3.45. The molecule has 10 N–H and O–H groups in total. The van der Waals surface area contributed by atoms with Gasteiger partial charge in [-0.1, -0.05) is 0 Å². The minimum Gasteiger partial charge on any atom is -0.480 e. The van der Waals surface area contributed by atoms with Gasteiger partial charge in [-0.25, -0.2) is 4.79 Å². The molecule has 0 aromatic rings. The zero-order valence-electron chi connectivity index (χ0n) is 16.9. The lowest BCUT2D eigenvalue weighted by atomic mass is 10.1. The first kappa shape index (κ1) is 25.1. The minimum atomic E-state index is -1.40. The van der Waals surface area contributed by atoms with Gasteiger partial charge in [0.2, 0.25) is 17.7 Å². The van der Waals surface area contributed by atoms with Gasteiger partial charge in [0.05, 0.1) is 12.6 Å². The number of nitrogens with two attached hydrogens (primary N) is 3. The maximum Gasteiger partial charge on any atom is 0.326 e. The molecule has 30 heavy (non-hydrogen) atoms. The van der Waals surface area contributed by atoms with Crippen LogP contribution in [0.2, 0.25) is 0 Å². The summed E-state index contributed by atoms with van der Waals surface area (Å²) in [4.78, 5) is 53.5. The number of aliphatic hydroxyl groups excluding tert-OH is 1. The van der Waals surface area contributed by atoms with Crippen LogP contribution >= 0.6 is 0 Å². The number of nitrogens with one attached hydrogen (secondary N) is 2. The van der Waals surface area contributed by atoms with E-state index in [0.717, 1.165) is 0 Å². The van der Waals surface area contributed by atoms with Crippen molar-refractivity contribution < 1.29 is 29.4 Å². The lowest BCUT2D eigenvalue weighted by Gasteiger charge is -2.27. The second kappa shape index (κ2) is 11.9. The topological polar surface area (TPSA) is 226 Å². The Labute approximate surface area is 174 Å². The van der Waals surface area contributed by atoms with Gasteiger partial charge in [0, 0.05) is 13.1 Å². The fraction of sp³-hybridized carbons (Fsp3) is 0.706. The molecule has 1 fully saturated rings. The van der Waals surface area contributed by atoms with E-state index in [1.165, 1.54) is 11.8 Å². The van der Waals surface area contributed by atoms with Gasteiger partial charge in [0.25, 0.3) is 0 Å². The fourth-order valence-corrected chi connectivity index (χ4v) is 3.13. The van der Waals surface area contributed by atoms with Gasteiger partial charge in [-0.05, 0) is 32.6 Å². The van der Waals surface area contributed by atoms with E-state index in [0.29, 0.717) is 25.8 Å². The van der Waals surface area contributed by atoms with Crippen LogP contribution in [0.25, 0.3) is 0 Å². The summed E-state index contributed by atoms with van der Waals surface area (Å²) >= 11 is 0. The van der Waals surface area contributed by atoms with Gasteiger partial charge in [0.15, 0.2) is 5.96 Å². The van der Waals surface area contributed by atoms with Crippen LogP contribution in [-0.4, -0.2) is 88.6 Å². The Morgan fingerprint density at radius 1 is 1.23 bits per heavy atom. The van der Waals surface area contributed by atoms with Crippen molar-refractivity contribution in [1.29, 1.82) is 0 Å². The van der Waals surface area contributed by atoms with Crippen molar-refractivity contribution in [2.75, 3.05) is 19.6 Å². The first-order chi connectivity index (χ1) is 14.1. The lowest BCUT2D eigenvalue weighted by Crippen LogP contribution is -2.58. The molecule has 4 atom stereocenters. The molecule has 1 rings (SSSR count). The van der Waals surface area contributed by atoms with Crippen LogP contribution in [0, 0.1) is 0 Å². The normalized spacial score (nSPS) is 18.8. The number of guanidine groups is 1. The van der Waals surface area contributed by atoms with Crippen LogP contribution in [0.4, 0.5) is 0 Å². The number of hydrogen-bond donors (Lipinski definition) is 7. The first-order valence-corrected chi connectivity index (χ1v) is 9.65. The van der Waals surface area contributed by atoms with Crippen molar-refractivity contribution >= 4 is 29.7 Å². The fourth-order valence-electron chi connectivity index (χ4n) is 3.13. The van der Waals surface area contributed by atoms with Crippen LogP contribution in [0.1, 0.15) is 32.6 Å². The van der Waals surface area contributed by atoms with Gasteiger partial charge in [-0.2, -0.15) is 0 Å². The van der Waals surface area contributed by atoms with Crippen molar-refractivity contribution in [2.45, 2.75) is 56.8 Å². The van der Waals surface area contributed by atoms with Gasteiger partial charge in [-0.15, -0.1) is 0 Å². The lowest BCUT2D eigenvalue weighted by molar-refractivity contribution is -0.143. The predicted octanol–water partition coefficient (Wildman–Crippen LogP) is -3.58. The third-order valence-electron chi connectivity index (χ3n) is 4.67. The van der Waals surface area contributed by atoms with Crippen LogP contribution in [0.5, 0.6) is 0 Å². The van der Waals surface area contributed by atoms with Crippen molar-refractivity contribution in [3.8, 4) is 0 Å². The Kier molecular flexibility index (Phi) is 9.98. The number of carbonyl (C=O) groups is 4. The number of carboxylic acid groups (broad SMARTS) is 1. The molecule has 1 saturated heterocycles. The molecule has 13 nitrogen and oxygen atoms in total. The van der Waals surface area contributed by atoms with E-state index in [1.54, 1.807) is 0 Å². The molecular formula is C17H31N7O6. The molecule has 1 aliphatic heterocycles. The van der Waals surface area contributed by atoms with Crippen molar-refractivity contribution in [3.05, 3.63) is 0 Å². The Morgan fingerprint density at radius 2 is 1.90 bits per heavy atom. The van der Waals surface area contributed by atoms with E-state index in [1.807, 2.05) is 0 Å². The van der Waals surface area contributed by atoms with Crippen LogP contribution in [-0.2, 0) is 19.2 Å². The summed E-state index contributed by atoms with van der Waals surface area (Å²) in [5.74, 6) is -3.27. The predicted molar refractivity (Wildman–Crippen MR) is 107 cm³/mol. The molecule has 1 heterocycles. The third kappa shape index (κ3) is 7.48. The molecular weight excluding hydrogens is 398 g/mol. The Morgan fingerprint density at radius 3 is 2.43 bits per heavy atom. The van der Waals surface area contributed by atoms with E-state index >= 15 is 0 Å². The van der Waals surface area contributed by atoms with E-state index in [2.05, 4.69) is 15.6 Å². The SMILES string of the molecule is CC(O)C(NC(=O)C1CCCN1C(=O)CN)C(=O)NC(CCCN=C(N)N)C(=O)O. The standard InChI is InChI=1S/C17H31N7O6/c1-9(25)13(23-14(27)11-5-3-7-24(11)12(26)8-18)15(28)22-10(16(29)30)4-2-6-21-17(19)20/h9-11,13,25H,2-8,18H2,1H3,(H,22,28)(H,23,27)(H,29,30)(H4,19,20,21). The summed E-state index contributed by atoms with van der Waals surface area (Å²) in [7, 11) is 0. The number of aliphatic carboxylic acids is 1. The van der Waals surface area contributed by atoms with Crippen molar-refractivity contribution in [3.63, 3.8) is 0 Å². The molecule has 0 bridgehead atoms. The molecule has 0 saturated carbocycles. The van der Waals surface area contributed by atoms with Gasteiger partial charge in [-0.3, -0.25) is 19.4 Å². The molecule has 0 spiro atoms. The third-order valence-corrected chi connectivity index (χ3v) is 4.67. The highest BCUT2D eigenvalue weighted by atomic mass is 16.4. The van der Waals surface area contributed by atoms with Gasteiger partial charge < -0.3 is 42.9 Å². The zero-order valence-corrected chi connectivity index (χ0v) is 16.9. The molecule has 0 radical (unpaired) electrons. The minimum absolute atomic E-state index is 0.0414. The smallest absolute Gasteiger partial charge is 0.326 e. The van der Waals surface area contributed by atoms with Crippen molar-refractivity contribution in [2.24, 2.45) is 22.2 Å². The number of nitrogens with zero attached hydrogens (tertiary/aromatic N) is 2. The van der Waals surface area contributed by atoms with Crippen LogP contribution < -0.4 is 27.8 Å². The number of carbonyl (C=O) groups excluding carboxylic acids is 3. The Hall–Kier alpha value is -2.93. The Bertz CT molecular complexity index is 665. The highest BCUT2D eigenvalue weighted by Crippen LogP contribution is 2.17. The largest absolute Gasteiger partial charge is 0.480 e. The average molecular weight is 429 g/mol. The summed E-state index contributed by atoms with van der Waals surface area (Å²) < 4.78 is 0. The molecule has 1 aliphatic rings. The summed E-state index contributed by atoms with van der Waals surface area (Å²) in [6.07, 6.45) is 0.0318. The van der Waals surface area contributed by atoms with Crippen LogP contribution in [0.15, 0.2) is 4.99 Å². The average Bonchev–Trinajstić information content (AvgIpc) is 3.16. The van der Waals surface area contributed by atoms with Crippen LogP contribution in [0.3, 0.4) is 0 Å². The van der Waals surface area contributed by atoms with E-state index in [9.17, 15) is 29.4 Å². The number of aliphatic imine (C=N–C) groups is 1. The van der Waals surface area contributed by atoms with E-state index in [4.69, 9.17) is 17.2 Å². The molecule has 13 heteroatoms. The van der Waals surface area contributed by atoms with Gasteiger partial charge >= 0.3 is 5.97 Å². The van der Waals surface area contributed by atoms with E-state index in [-0.39, 0.29) is 25.5 Å². The maximum atomic E-state index is 12.6. The number of rotatable bonds is 11. The first-order valence-electron chi connectivity index (χ1n) is 9.65. The number of likely N-dealkylation sites (tertiary alicyclic amines) is 1. The molecule has 0 aromatic carbocycles. The summed E-state index contributed by atoms with van der Waals surface area (Å²) in [5.41, 5.74) is 15.8. The summed E-state index contributed by atoms with van der Waals surface area (Å²) in [6.45, 7) is 1.60. The van der Waals surface area contributed by atoms with Crippen molar-refractivity contribution in [1.82, 2.24) is 15.5 Å². The molecule has 0 aliphatic carbocycles. The number of amides is 3. The second-order valence-corrected chi connectivity index (χ2v) is 7.02. The monoisotopic (exact) mass is 429 g/mol. The zero-order chi connectivity index (χ0) is 22.8. The van der Waals surface area contributed by atoms with E-state index < -0.39 is 47.9 Å². The molecule has 170 valence electrons. The number of hydrogen-bond acceptors (Lipinski definition) is 7. The molecule has 3 amide bonds.